The molecule has 0 bridgehead atoms. The Kier molecular flexibility index (Phi) is 6.56. The zero-order valence-electron chi connectivity index (χ0n) is 15.9. The second-order valence-corrected chi connectivity index (χ2v) is 6.79. The van der Waals surface area contributed by atoms with Crippen LogP contribution in [0, 0.1) is 24.5 Å². The number of imidazole rings is 1. The van der Waals surface area contributed by atoms with Gasteiger partial charge < -0.3 is 14.9 Å². The number of aliphatic hydroxyl groups is 2. The van der Waals surface area contributed by atoms with Gasteiger partial charge in [0.1, 0.15) is 23.9 Å². The fourth-order valence-corrected chi connectivity index (χ4v) is 3.22. The van der Waals surface area contributed by atoms with E-state index in [1.54, 1.807) is 29.7 Å². The van der Waals surface area contributed by atoms with Crippen molar-refractivity contribution in [3.8, 4) is 5.75 Å². The Morgan fingerprint density at radius 1 is 1.21 bits per heavy atom. The molecule has 2 heterocycles. The van der Waals surface area contributed by atoms with E-state index in [0.717, 1.165) is 12.1 Å². The lowest BCUT2D eigenvalue weighted by Gasteiger charge is -2.12. The lowest BCUT2D eigenvalue weighted by molar-refractivity contribution is 0.0912. The fourth-order valence-electron chi connectivity index (χ4n) is 3.22. The van der Waals surface area contributed by atoms with Crippen molar-refractivity contribution in [1.29, 1.82) is 0 Å². The number of aromatic nitrogens is 2. The Morgan fingerprint density at radius 2 is 1.93 bits per heavy atom. The van der Waals surface area contributed by atoms with Gasteiger partial charge in [-0.25, -0.2) is 13.8 Å². The van der Waals surface area contributed by atoms with Crippen molar-refractivity contribution in [3.05, 3.63) is 65.1 Å². The number of benzene rings is 1. The maximum atomic E-state index is 13.8. The second-order valence-electron chi connectivity index (χ2n) is 6.79. The zero-order chi connectivity index (χ0) is 21.0. The molecule has 0 amide bonds. The maximum absolute atomic E-state index is 13.8. The van der Waals surface area contributed by atoms with E-state index >= 15 is 0 Å². The normalized spacial score (nSPS) is 12.3. The number of nitrogens with zero attached hydrogens (tertiary/aromatic N) is 2. The van der Waals surface area contributed by atoms with Crippen LogP contribution < -0.4 is 4.74 Å². The summed E-state index contributed by atoms with van der Waals surface area (Å²) in [7, 11) is 0. The van der Waals surface area contributed by atoms with Crippen LogP contribution in [0.1, 0.15) is 34.6 Å². The fraction of sp³-hybridized carbons (Fsp3) is 0.333. The van der Waals surface area contributed by atoms with Gasteiger partial charge in [0.25, 0.3) is 0 Å². The highest BCUT2D eigenvalue weighted by Crippen LogP contribution is 2.25. The molecule has 0 saturated carbocycles. The molecule has 1 aromatic carbocycles. The molecule has 2 N–H and O–H groups in total. The molecule has 2 aromatic heterocycles. The standard InChI is InChI=1S/C21H22F2N2O4/c1-13-20(18(28)10-14(11-27)7-9-26)25-8-3-6-19(21(25)24-13)29-12-15-16(22)4-2-5-17(15)23/h2-6,8,14,26-27H,7,9-12H2,1H3/t14-/m0/s1. The number of hydrogen-bond acceptors (Lipinski definition) is 5. The van der Waals surface area contributed by atoms with Gasteiger partial charge in [-0.15, -0.1) is 0 Å². The molecule has 6 nitrogen and oxygen atoms in total. The third-order valence-corrected chi connectivity index (χ3v) is 4.76. The van der Waals surface area contributed by atoms with E-state index in [1.807, 2.05) is 0 Å². The van der Waals surface area contributed by atoms with Crippen molar-refractivity contribution in [2.75, 3.05) is 13.2 Å². The van der Waals surface area contributed by atoms with Gasteiger partial charge in [-0.2, -0.15) is 0 Å². The third-order valence-electron chi connectivity index (χ3n) is 4.76. The SMILES string of the molecule is Cc1nc2c(OCc3c(F)cccc3F)cccn2c1C(=O)C[C@@H](CO)CCO. The molecule has 0 aliphatic rings. The average Bonchev–Trinajstić information content (AvgIpc) is 3.03. The lowest BCUT2D eigenvalue weighted by atomic mass is 9.98. The van der Waals surface area contributed by atoms with Crippen LogP contribution in [0.4, 0.5) is 8.78 Å². The van der Waals surface area contributed by atoms with E-state index in [0.29, 0.717) is 23.5 Å². The van der Waals surface area contributed by atoms with Gasteiger partial charge in [0.2, 0.25) is 0 Å². The molecule has 0 aliphatic carbocycles. The molecule has 3 rings (SSSR count). The summed E-state index contributed by atoms with van der Waals surface area (Å²) in [5.41, 5.74) is 0.986. The molecular formula is C21H22F2N2O4. The number of carbonyl (C=O) groups excluding carboxylic acids is 1. The predicted octanol–water partition coefficient (Wildman–Crippen LogP) is 3.06. The van der Waals surface area contributed by atoms with Crippen molar-refractivity contribution >= 4 is 11.4 Å². The number of fused-ring (bicyclic) bond motifs is 1. The molecule has 29 heavy (non-hydrogen) atoms. The number of aliphatic hydroxyl groups excluding tert-OH is 2. The van der Waals surface area contributed by atoms with E-state index < -0.39 is 11.6 Å². The smallest absolute Gasteiger partial charge is 0.181 e. The molecule has 0 spiro atoms. The highest BCUT2D eigenvalue weighted by molar-refractivity contribution is 5.96. The Labute approximate surface area is 166 Å². The van der Waals surface area contributed by atoms with Crippen molar-refractivity contribution in [2.45, 2.75) is 26.4 Å². The zero-order valence-corrected chi connectivity index (χ0v) is 15.9. The maximum Gasteiger partial charge on any atom is 0.181 e. The molecule has 1 atom stereocenters. The minimum absolute atomic E-state index is 0.0667. The quantitative estimate of drug-likeness (QED) is 0.536. The predicted molar refractivity (Wildman–Crippen MR) is 102 cm³/mol. The summed E-state index contributed by atoms with van der Waals surface area (Å²) in [6.07, 6.45) is 2.04. The number of ether oxygens (including phenoxy) is 1. The number of Topliss-reactive ketones (excluding diaryl/α,β-unsaturated/α-hetero) is 1. The van der Waals surface area contributed by atoms with Crippen LogP contribution in [0.15, 0.2) is 36.5 Å². The Bertz CT molecular complexity index is 999. The first-order valence-corrected chi connectivity index (χ1v) is 9.24. The molecule has 3 aromatic rings. The highest BCUT2D eigenvalue weighted by atomic mass is 19.1. The van der Waals surface area contributed by atoms with Crippen LogP contribution in [-0.4, -0.2) is 38.6 Å². The van der Waals surface area contributed by atoms with E-state index in [9.17, 15) is 18.7 Å². The molecule has 0 saturated heterocycles. The van der Waals surface area contributed by atoms with Gasteiger partial charge in [-0.3, -0.25) is 9.20 Å². The molecule has 154 valence electrons. The Hall–Kier alpha value is -2.84. The van der Waals surface area contributed by atoms with Crippen LogP contribution >= 0.6 is 0 Å². The van der Waals surface area contributed by atoms with Gasteiger partial charge in [-0.1, -0.05) is 6.07 Å². The molecular weight excluding hydrogens is 382 g/mol. The summed E-state index contributed by atoms with van der Waals surface area (Å²) in [6.45, 7) is 1.04. The molecule has 0 aliphatic heterocycles. The lowest BCUT2D eigenvalue weighted by Crippen LogP contribution is -2.16. The monoisotopic (exact) mass is 404 g/mol. The van der Waals surface area contributed by atoms with Crippen molar-refractivity contribution in [3.63, 3.8) is 0 Å². The van der Waals surface area contributed by atoms with Crippen LogP contribution in [0.5, 0.6) is 5.75 Å². The average molecular weight is 404 g/mol. The first-order chi connectivity index (χ1) is 14.0. The van der Waals surface area contributed by atoms with Crippen molar-refractivity contribution in [1.82, 2.24) is 9.38 Å². The first-order valence-electron chi connectivity index (χ1n) is 9.24. The molecule has 0 radical (unpaired) electrons. The number of hydrogen-bond donors (Lipinski definition) is 2. The number of halogens is 2. The summed E-state index contributed by atoms with van der Waals surface area (Å²) in [5.74, 6) is -1.69. The number of ketones is 1. The first kappa shape index (κ1) is 20.9. The minimum Gasteiger partial charge on any atom is -0.485 e. The van der Waals surface area contributed by atoms with Crippen LogP contribution in [0.25, 0.3) is 5.65 Å². The number of pyridine rings is 1. The Morgan fingerprint density at radius 3 is 2.59 bits per heavy atom. The number of aryl methyl sites for hydroxylation is 1. The van der Waals surface area contributed by atoms with Gasteiger partial charge in [0.15, 0.2) is 17.2 Å². The summed E-state index contributed by atoms with van der Waals surface area (Å²) in [4.78, 5) is 17.2. The van der Waals surface area contributed by atoms with Crippen LogP contribution in [0.2, 0.25) is 0 Å². The van der Waals surface area contributed by atoms with Crippen molar-refractivity contribution < 1.29 is 28.5 Å². The third kappa shape index (κ3) is 4.44. The van der Waals surface area contributed by atoms with Gasteiger partial charge in [0.05, 0.1) is 11.3 Å². The van der Waals surface area contributed by atoms with Crippen LogP contribution in [0.3, 0.4) is 0 Å². The van der Waals surface area contributed by atoms with E-state index in [-0.39, 0.29) is 49.3 Å². The molecule has 0 unspecified atom stereocenters. The number of rotatable bonds is 9. The van der Waals surface area contributed by atoms with E-state index in [4.69, 9.17) is 9.84 Å². The minimum atomic E-state index is -0.703. The van der Waals surface area contributed by atoms with Crippen LogP contribution in [-0.2, 0) is 6.61 Å². The molecule has 8 heteroatoms. The summed E-state index contributed by atoms with van der Waals surface area (Å²) in [6, 6.07) is 6.85. The van der Waals surface area contributed by atoms with Gasteiger partial charge in [0, 0.05) is 25.8 Å². The van der Waals surface area contributed by atoms with Gasteiger partial charge in [-0.05, 0) is 43.5 Å². The Balaban J connectivity index is 1.88. The molecule has 0 fully saturated rings. The van der Waals surface area contributed by atoms with E-state index in [1.165, 1.54) is 6.07 Å². The summed E-state index contributed by atoms with van der Waals surface area (Å²) >= 11 is 0. The topological polar surface area (TPSA) is 84.1 Å². The van der Waals surface area contributed by atoms with Crippen molar-refractivity contribution in [2.24, 2.45) is 5.92 Å². The number of carbonyl (C=O) groups is 1. The second kappa shape index (κ2) is 9.11. The van der Waals surface area contributed by atoms with Gasteiger partial charge >= 0.3 is 0 Å². The highest BCUT2D eigenvalue weighted by Gasteiger charge is 2.22. The largest absolute Gasteiger partial charge is 0.485 e. The summed E-state index contributed by atoms with van der Waals surface area (Å²) in [5, 5.41) is 18.4. The summed E-state index contributed by atoms with van der Waals surface area (Å²) < 4.78 is 34.8. The van der Waals surface area contributed by atoms with E-state index in [2.05, 4.69) is 4.98 Å².